The molecule has 0 spiro atoms. The Kier molecular flexibility index (Phi) is 12.8. The average Bonchev–Trinajstić information content (AvgIpc) is 3.51. The van der Waals surface area contributed by atoms with Gasteiger partial charge in [0.2, 0.25) is 23.5 Å². The third kappa shape index (κ3) is 10.1. The quantitative estimate of drug-likeness (QED) is 0.214. The highest BCUT2D eigenvalue weighted by molar-refractivity contribution is 6.36. The summed E-state index contributed by atoms with van der Waals surface area (Å²) in [4.78, 5) is 82.5. The van der Waals surface area contributed by atoms with Crippen LogP contribution in [0.15, 0.2) is 36.8 Å². The van der Waals surface area contributed by atoms with Crippen LogP contribution in [0.4, 0.5) is 5.95 Å². The monoisotopic (exact) mass is 722 g/mol. The first-order valence-corrected chi connectivity index (χ1v) is 18.7. The number of ether oxygens (including phenoxy) is 1. The number of hydrogen-bond acceptors (Lipinski definition) is 10. The van der Waals surface area contributed by atoms with Crippen LogP contribution < -0.4 is 15.8 Å². The molecule has 51 heavy (non-hydrogen) atoms. The number of nitrogens with two attached hydrogens (primary N) is 1. The molecule has 3 fully saturated rings. The first-order valence-electron chi connectivity index (χ1n) is 18.3. The van der Waals surface area contributed by atoms with E-state index in [0.717, 1.165) is 51.4 Å². The largest absolute Gasteiger partial charge is 0.472 e. The van der Waals surface area contributed by atoms with Crippen molar-refractivity contribution in [1.82, 2.24) is 19.9 Å². The summed E-state index contributed by atoms with van der Waals surface area (Å²) in [5.74, 6) is -3.22. The number of carbonyl (C=O) groups excluding carboxylic acids is 5. The molecule has 1 aliphatic heterocycles. The Balaban J connectivity index is 1.40. The maximum Gasteiger partial charge on any atom is 0.285 e. The predicted octanol–water partition coefficient (Wildman–Crippen LogP) is 5.38. The Labute approximate surface area is 305 Å². The van der Waals surface area contributed by atoms with Crippen LogP contribution in [0.1, 0.15) is 97.8 Å². The smallest absolute Gasteiger partial charge is 0.285 e. The summed E-state index contributed by atoms with van der Waals surface area (Å²) in [6.45, 7) is 5.85. The molecule has 12 nitrogen and oxygen atoms in total. The first-order chi connectivity index (χ1) is 24.3. The minimum atomic E-state index is -1.06. The zero-order chi connectivity index (χ0) is 36.7. The highest BCUT2D eigenvalue weighted by atomic mass is 35.5. The molecule has 1 saturated heterocycles. The lowest BCUT2D eigenvalue weighted by Gasteiger charge is -2.37. The number of nitrogens with one attached hydrogen (secondary N) is 1. The topological polar surface area (TPSA) is 175 Å². The van der Waals surface area contributed by atoms with E-state index in [1.54, 1.807) is 30.6 Å². The second-order valence-electron chi connectivity index (χ2n) is 15.6. The molecule has 2 saturated carbocycles. The molecule has 3 heterocycles. The van der Waals surface area contributed by atoms with Crippen LogP contribution in [0, 0.1) is 29.1 Å². The van der Waals surface area contributed by atoms with Crippen molar-refractivity contribution in [2.24, 2.45) is 34.8 Å². The fourth-order valence-corrected chi connectivity index (χ4v) is 7.87. The normalized spacial score (nSPS) is 21.6. The Morgan fingerprint density at radius 3 is 2.27 bits per heavy atom. The molecular formula is C38H51ClN6O6. The summed E-state index contributed by atoms with van der Waals surface area (Å²) in [5, 5.41) is 3.73. The van der Waals surface area contributed by atoms with Crippen LogP contribution in [0.5, 0.6) is 5.88 Å². The van der Waals surface area contributed by atoms with Gasteiger partial charge >= 0.3 is 0 Å². The van der Waals surface area contributed by atoms with Gasteiger partial charge in [-0.1, -0.05) is 70.9 Å². The summed E-state index contributed by atoms with van der Waals surface area (Å²) < 4.78 is 6.16. The maximum atomic E-state index is 14.8. The number of amides is 2. The number of primary amides is 1. The number of Topliss-reactive ketones (excluding diaryl/α,β-unsaturated/α-hetero) is 3. The van der Waals surface area contributed by atoms with Gasteiger partial charge < -0.3 is 20.7 Å². The lowest BCUT2D eigenvalue weighted by Crippen LogP contribution is -2.49. The maximum absolute atomic E-state index is 14.8. The van der Waals surface area contributed by atoms with Gasteiger partial charge in [-0.2, -0.15) is 0 Å². The Hall–Kier alpha value is -3.93. The highest BCUT2D eigenvalue weighted by Gasteiger charge is 2.47. The molecule has 0 radical (unpaired) electrons. The molecule has 2 aliphatic carbocycles. The summed E-state index contributed by atoms with van der Waals surface area (Å²) >= 11 is 6.03. The zero-order valence-electron chi connectivity index (χ0n) is 29.9. The molecular weight excluding hydrogens is 672 g/mol. The minimum absolute atomic E-state index is 0.0462. The van der Waals surface area contributed by atoms with E-state index in [1.165, 1.54) is 11.1 Å². The standard InChI is InChI=1S/C38H51ClN6O6/c1-38(2,3)28(20-31(47)33(24-11-5-4-6-12-24)44-37-41-15-8-16-42-37)36(50)45-22-27(51-32-14-13-26(39)21-43-32)19-29(45)30(46)18-25(34(48)35(40)49)17-23-9-7-10-23/h8,13-16,21,23-25,27-29,33H,4-7,9-12,17-20,22H2,1-3H3,(H2,40,49)(H,41,42,44)/t25?,27-,28-,29?,33+/m1/s1. The number of ketones is 3. The molecule has 5 atom stereocenters. The number of rotatable bonds is 16. The van der Waals surface area contributed by atoms with Gasteiger partial charge in [0.15, 0.2) is 11.6 Å². The number of carbonyl (C=O) groups is 5. The Bertz CT molecular complexity index is 1540. The number of aromatic nitrogens is 3. The van der Waals surface area contributed by atoms with Gasteiger partial charge in [0, 0.05) is 55.8 Å². The summed E-state index contributed by atoms with van der Waals surface area (Å²) in [6, 6.07) is 3.48. The fourth-order valence-electron chi connectivity index (χ4n) is 7.76. The number of pyridine rings is 1. The molecule has 2 aromatic heterocycles. The van der Waals surface area contributed by atoms with Crippen LogP contribution in [-0.2, 0) is 24.0 Å². The number of nitrogens with zero attached hydrogens (tertiary/aromatic N) is 4. The fraction of sp³-hybridized carbons (Fsp3) is 0.632. The van der Waals surface area contributed by atoms with E-state index in [4.69, 9.17) is 22.1 Å². The second-order valence-corrected chi connectivity index (χ2v) is 16.0. The van der Waals surface area contributed by atoms with Crippen molar-refractivity contribution in [3.05, 3.63) is 41.8 Å². The average molecular weight is 723 g/mol. The SMILES string of the molecule is CC(C)(C)[C@H](CC(=O)[C@@H](Nc1ncccn1)C1CCCCC1)C(=O)N1C[C@H](Oc2ccc(Cl)cn2)CC1C(=O)CC(CC1CCC1)C(=O)C(N)=O. The number of hydrogen-bond donors (Lipinski definition) is 2. The van der Waals surface area contributed by atoms with Gasteiger partial charge in [0.1, 0.15) is 6.10 Å². The van der Waals surface area contributed by atoms with E-state index in [0.29, 0.717) is 23.3 Å². The number of likely N-dealkylation sites (tertiary alicyclic amines) is 1. The van der Waals surface area contributed by atoms with E-state index >= 15 is 0 Å². The van der Waals surface area contributed by atoms with Crippen molar-refractivity contribution in [1.29, 1.82) is 0 Å². The first kappa shape index (κ1) is 38.3. The molecule has 3 aliphatic rings. The van der Waals surface area contributed by atoms with Crippen LogP contribution >= 0.6 is 11.6 Å². The summed E-state index contributed by atoms with van der Waals surface area (Å²) in [7, 11) is 0. The van der Waals surface area contributed by atoms with Crippen LogP contribution in [-0.4, -0.2) is 73.7 Å². The minimum Gasteiger partial charge on any atom is -0.472 e. The van der Waals surface area contributed by atoms with Crippen molar-refractivity contribution >= 4 is 46.7 Å². The second kappa shape index (κ2) is 17.1. The van der Waals surface area contributed by atoms with Crippen molar-refractivity contribution in [3.8, 4) is 5.88 Å². The van der Waals surface area contributed by atoms with Gasteiger partial charge in [-0.05, 0) is 48.6 Å². The van der Waals surface area contributed by atoms with Crippen LogP contribution in [0.25, 0.3) is 0 Å². The third-order valence-corrected chi connectivity index (χ3v) is 11.1. The van der Waals surface area contributed by atoms with E-state index in [-0.39, 0.29) is 55.1 Å². The lowest BCUT2D eigenvalue weighted by atomic mass is 9.74. The Morgan fingerprint density at radius 1 is 0.980 bits per heavy atom. The summed E-state index contributed by atoms with van der Waals surface area (Å²) in [6.07, 6.45) is 12.3. The highest BCUT2D eigenvalue weighted by Crippen LogP contribution is 2.38. The molecule has 0 aromatic carbocycles. The van der Waals surface area contributed by atoms with Crippen molar-refractivity contribution < 1.29 is 28.7 Å². The van der Waals surface area contributed by atoms with Crippen LogP contribution in [0.2, 0.25) is 5.02 Å². The summed E-state index contributed by atoms with van der Waals surface area (Å²) in [5.41, 5.74) is 4.76. The molecule has 13 heteroatoms. The van der Waals surface area contributed by atoms with Gasteiger partial charge in [0.25, 0.3) is 5.91 Å². The molecule has 276 valence electrons. The predicted molar refractivity (Wildman–Crippen MR) is 192 cm³/mol. The molecule has 3 N–H and O–H groups in total. The molecule has 2 unspecified atom stereocenters. The number of halogens is 1. The molecule has 2 amide bonds. The molecule has 2 aromatic rings. The van der Waals surface area contributed by atoms with Crippen molar-refractivity contribution in [3.63, 3.8) is 0 Å². The van der Waals surface area contributed by atoms with Crippen LogP contribution in [0.3, 0.4) is 0 Å². The lowest BCUT2D eigenvalue weighted by molar-refractivity contribution is -0.147. The van der Waals surface area contributed by atoms with Gasteiger partial charge in [0.05, 0.1) is 23.7 Å². The third-order valence-electron chi connectivity index (χ3n) is 10.9. The van der Waals surface area contributed by atoms with Gasteiger partial charge in [-0.15, -0.1) is 0 Å². The number of anilines is 1. The van der Waals surface area contributed by atoms with Gasteiger partial charge in [-0.25, -0.2) is 15.0 Å². The van der Waals surface area contributed by atoms with E-state index in [1.807, 2.05) is 20.8 Å². The molecule has 5 rings (SSSR count). The van der Waals surface area contributed by atoms with Crippen molar-refractivity contribution in [2.75, 3.05) is 11.9 Å². The van der Waals surface area contributed by atoms with E-state index in [9.17, 15) is 24.0 Å². The Morgan fingerprint density at radius 2 is 1.69 bits per heavy atom. The van der Waals surface area contributed by atoms with E-state index in [2.05, 4.69) is 20.3 Å². The van der Waals surface area contributed by atoms with Crippen molar-refractivity contribution in [2.45, 2.75) is 116 Å². The zero-order valence-corrected chi connectivity index (χ0v) is 30.6. The van der Waals surface area contributed by atoms with Gasteiger partial charge in [-0.3, -0.25) is 24.0 Å². The molecule has 0 bridgehead atoms. The van der Waals surface area contributed by atoms with E-state index < -0.39 is 47.1 Å².